The van der Waals surface area contributed by atoms with Crippen LogP contribution in [0.1, 0.15) is 22.4 Å². The second-order valence-electron chi connectivity index (χ2n) is 5.99. The first-order valence-electron chi connectivity index (χ1n) is 7.95. The van der Waals surface area contributed by atoms with Crippen LogP contribution in [-0.2, 0) is 17.8 Å². The van der Waals surface area contributed by atoms with Crippen molar-refractivity contribution in [1.82, 2.24) is 10.5 Å². The zero-order valence-corrected chi connectivity index (χ0v) is 13.9. The minimum absolute atomic E-state index is 0.0701. The van der Waals surface area contributed by atoms with Crippen molar-refractivity contribution < 1.29 is 9.32 Å². The Morgan fingerprint density at radius 1 is 1.00 bits per heavy atom. The van der Waals surface area contributed by atoms with Crippen molar-refractivity contribution in [3.05, 3.63) is 77.0 Å². The Hall–Kier alpha value is -2.88. The number of aromatic nitrogens is 1. The molecule has 0 bridgehead atoms. The van der Waals surface area contributed by atoms with Crippen LogP contribution in [0.2, 0.25) is 0 Å². The van der Waals surface area contributed by atoms with E-state index in [1.807, 2.05) is 68.4 Å². The summed E-state index contributed by atoms with van der Waals surface area (Å²) >= 11 is 0. The van der Waals surface area contributed by atoms with Gasteiger partial charge in [-0.1, -0.05) is 64.8 Å². The molecule has 0 saturated heterocycles. The maximum absolute atomic E-state index is 12.1. The summed E-state index contributed by atoms with van der Waals surface area (Å²) in [7, 11) is 0. The highest BCUT2D eigenvalue weighted by Crippen LogP contribution is 2.20. The molecule has 4 heteroatoms. The molecule has 0 radical (unpaired) electrons. The summed E-state index contributed by atoms with van der Waals surface area (Å²) in [5.74, 6) is 0.607. The SMILES string of the molecule is Cc1ccc(CNC(=O)Cc2cc(-c3ccc(C)cc3)on2)cc1. The molecule has 1 heterocycles. The van der Waals surface area contributed by atoms with E-state index in [1.165, 1.54) is 11.1 Å². The first-order chi connectivity index (χ1) is 11.6. The van der Waals surface area contributed by atoms with Crippen molar-refractivity contribution in [2.75, 3.05) is 0 Å². The van der Waals surface area contributed by atoms with Crippen LogP contribution in [0, 0.1) is 13.8 Å². The Bertz CT molecular complexity index is 818. The van der Waals surface area contributed by atoms with E-state index in [1.54, 1.807) is 0 Å². The molecular weight excluding hydrogens is 300 g/mol. The Morgan fingerprint density at radius 2 is 1.62 bits per heavy atom. The molecule has 0 fully saturated rings. The molecule has 0 aliphatic heterocycles. The number of nitrogens with one attached hydrogen (secondary N) is 1. The number of carbonyl (C=O) groups is 1. The van der Waals surface area contributed by atoms with Crippen LogP contribution in [0.15, 0.2) is 59.1 Å². The lowest BCUT2D eigenvalue weighted by atomic mass is 10.1. The van der Waals surface area contributed by atoms with E-state index in [2.05, 4.69) is 10.5 Å². The average molecular weight is 320 g/mol. The Labute approximate surface area is 141 Å². The highest BCUT2D eigenvalue weighted by Gasteiger charge is 2.10. The van der Waals surface area contributed by atoms with Gasteiger partial charge >= 0.3 is 0 Å². The fourth-order valence-electron chi connectivity index (χ4n) is 2.38. The van der Waals surface area contributed by atoms with Gasteiger partial charge in [0.05, 0.1) is 12.1 Å². The third-order valence-electron chi connectivity index (χ3n) is 3.85. The zero-order chi connectivity index (χ0) is 16.9. The van der Waals surface area contributed by atoms with Crippen molar-refractivity contribution in [2.45, 2.75) is 26.8 Å². The second-order valence-corrected chi connectivity index (χ2v) is 5.99. The molecule has 1 aromatic heterocycles. The number of hydrogen-bond donors (Lipinski definition) is 1. The average Bonchev–Trinajstić information content (AvgIpc) is 3.03. The fraction of sp³-hybridized carbons (Fsp3) is 0.200. The maximum atomic E-state index is 12.1. The van der Waals surface area contributed by atoms with Gasteiger partial charge in [-0.05, 0) is 19.4 Å². The molecule has 3 rings (SSSR count). The number of benzene rings is 2. The zero-order valence-electron chi connectivity index (χ0n) is 13.9. The van der Waals surface area contributed by atoms with Crippen molar-refractivity contribution in [2.24, 2.45) is 0 Å². The molecule has 4 nitrogen and oxygen atoms in total. The number of aryl methyl sites for hydroxylation is 2. The quantitative estimate of drug-likeness (QED) is 0.777. The molecule has 0 aliphatic rings. The summed E-state index contributed by atoms with van der Waals surface area (Å²) < 4.78 is 5.34. The summed E-state index contributed by atoms with van der Waals surface area (Å²) in [5.41, 5.74) is 5.06. The van der Waals surface area contributed by atoms with E-state index in [0.29, 0.717) is 18.0 Å². The van der Waals surface area contributed by atoms with Gasteiger partial charge in [-0.15, -0.1) is 0 Å². The van der Waals surface area contributed by atoms with Gasteiger partial charge in [-0.2, -0.15) is 0 Å². The molecule has 1 N–H and O–H groups in total. The first-order valence-corrected chi connectivity index (χ1v) is 7.95. The van der Waals surface area contributed by atoms with E-state index in [0.717, 1.165) is 11.1 Å². The van der Waals surface area contributed by atoms with Gasteiger partial charge in [-0.25, -0.2) is 0 Å². The maximum Gasteiger partial charge on any atom is 0.226 e. The third-order valence-corrected chi connectivity index (χ3v) is 3.85. The monoisotopic (exact) mass is 320 g/mol. The summed E-state index contributed by atoms with van der Waals surface area (Å²) in [6, 6.07) is 17.9. The largest absolute Gasteiger partial charge is 0.356 e. The van der Waals surface area contributed by atoms with Gasteiger partial charge in [0.2, 0.25) is 5.91 Å². The molecule has 3 aromatic rings. The van der Waals surface area contributed by atoms with Crippen molar-refractivity contribution in [3.63, 3.8) is 0 Å². The molecule has 122 valence electrons. The molecule has 0 saturated carbocycles. The number of hydrogen-bond acceptors (Lipinski definition) is 3. The number of carbonyl (C=O) groups excluding carboxylic acids is 1. The normalized spacial score (nSPS) is 10.6. The Morgan fingerprint density at radius 3 is 2.29 bits per heavy atom. The summed E-state index contributed by atoms with van der Waals surface area (Å²) in [4.78, 5) is 12.1. The Balaban J connectivity index is 1.57. The summed E-state index contributed by atoms with van der Waals surface area (Å²) in [6.45, 7) is 4.59. The lowest BCUT2D eigenvalue weighted by molar-refractivity contribution is -0.120. The highest BCUT2D eigenvalue weighted by molar-refractivity contribution is 5.78. The lowest BCUT2D eigenvalue weighted by Gasteiger charge is -2.04. The van der Waals surface area contributed by atoms with Crippen LogP contribution in [0.3, 0.4) is 0 Å². The van der Waals surface area contributed by atoms with Gasteiger partial charge in [0.25, 0.3) is 0 Å². The molecule has 0 unspecified atom stereocenters. The molecule has 0 spiro atoms. The smallest absolute Gasteiger partial charge is 0.226 e. The minimum Gasteiger partial charge on any atom is -0.356 e. The van der Waals surface area contributed by atoms with Crippen molar-refractivity contribution >= 4 is 5.91 Å². The fourth-order valence-corrected chi connectivity index (χ4v) is 2.38. The third kappa shape index (κ3) is 4.10. The Kier molecular flexibility index (Phi) is 4.75. The standard InChI is InChI=1S/C20H20N2O2/c1-14-3-7-16(8-4-14)13-21-20(23)12-18-11-19(24-22-18)17-9-5-15(2)6-10-17/h3-11H,12-13H2,1-2H3,(H,21,23). The van der Waals surface area contributed by atoms with Gasteiger partial charge < -0.3 is 9.84 Å². The molecule has 0 atom stereocenters. The lowest BCUT2D eigenvalue weighted by Crippen LogP contribution is -2.24. The number of amides is 1. The topological polar surface area (TPSA) is 55.1 Å². The van der Waals surface area contributed by atoms with Gasteiger partial charge in [-0.3, -0.25) is 4.79 Å². The minimum atomic E-state index is -0.0701. The molecule has 2 aromatic carbocycles. The second kappa shape index (κ2) is 7.13. The predicted octanol–water partition coefficient (Wildman–Crippen LogP) is 3.82. The van der Waals surface area contributed by atoms with E-state index < -0.39 is 0 Å². The van der Waals surface area contributed by atoms with Crippen LogP contribution < -0.4 is 5.32 Å². The first kappa shape index (κ1) is 16.0. The highest BCUT2D eigenvalue weighted by atomic mass is 16.5. The molecule has 24 heavy (non-hydrogen) atoms. The van der Waals surface area contributed by atoms with E-state index in [-0.39, 0.29) is 12.3 Å². The van der Waals surface area contributed by atoms with Crippen molar-refractivity contribution in [3.8, 4) is 11.3 Å². The van der Waals surface area contributed by atoms with E-state index >= 15 is 0 Å². The van der Waals surface area contributed by atoms with Gasteiger partial charge in [0, 0.05) is 18.2 Å². The molecular formula is C20H20N2O2. The van der Waals surface area contributed by atoms with Crippen molar-refractivity contribution in [1.29, 1.82) is 0 Å². The van der Waals surface area contributed by atoms with Gasteiger partial charge in [0.15, 0.2) is 5.76 Å². The van der Waals surface area contributed by atoms with Crippen LogP contribution >= 0.6 is 0 Å². The summed E-state index contributed by atoms with van der Waals surface area (Å²) in [5, 5.41) is 6.89. The molecule has 0 aliphatic carbocycles. The predicted molar refractivity (Wildman–Crippen MR) is 93.4 cm³/mol. The van der Waals surface area contributed by atoms with Gasteiger partial charge in [0.1, 0.15) is 0 Å². The van der Waals surface area contributed by atoms with E-state index in [9.17, 15) is 4.79 Å². The van der Waals surface area contributed by atoms with Crippen LogP contribution in [0.4, 0.5) is 0 Å². The number of nitrogens with zero attached hydrogens (tertiary/aromatic N) is 1. The van der Waals surface area contributed by atoms with Crippen LogP contribution in [-0.4, -0.2) is 11.1 Å². The number of rotatable bonds is 5. The van der Waals surface area contributed by atoms with Crippen LogP contribution in [0.5, 0.6) is 0 Å². The van der Waals surface area contributed by atoms with Crippen LogP contribution in [0.25, 0.3) is 11.3 Å². The molecule has 1 amide bonds. The summed E-state index contributed by atoms with van der Waals surface area (Å²) in [6.07, 6.45) is 0.210. The van der Waals surface area contributed by atoms with E-state index in [4.69, 9.17) is 4.52 Å².